The Bertz CT molecular complexity index is 2130. The maximum Gasteiger partial charge on any atom is 0.337 e. The first-order valence-corrected chi connectivity index (χ1v) is 17.5. The van der Waals surface area contributed by atoms with Crippen LogP contribution in [0, 0.1) is 22.0 Å². The lowest BCUT2D eigenvalue weighted by molar-refractivity contribution is -0.387. The van der Waals surface area contributed by atoms with Crippen LogP contribution in [-0.4, -0.2) is 43.9 Å². The number of imide groups is 1. The zero-order chi connectivity index (χ0) is 33.7. The van der Waals surface area contributed by atoms with Crippen LogP contribution in [0.5, 0.6) is 0 Å². The molecule has 2 saturated heterocycles. The minimum absolute atomic E-state index is 0.0561. The number of nitrogens with one attached hydrogen (secondary N) is 1. The number of carbonyl (C=O) groups excluding carboxylic acids is 3. The number of amidine groups is 1. The lowest BCUT2D eigenvalue weighted by Crippen LogP contribution is -2.30. The van der Waals surface area contributed by atoms with E-state index >= 15 is 0 Å². The van der Waals surface area contributed by atoms with Gasteiger partial charge in [-0.1, -0.05) is 42.3 Å². The predicted octanol–water partition coefficient (Wildman–Crippen LogP) is 7.28. The standard InChI is InChI=1S/C32H22ClN5O7S3/c33-21-8-6-16(13-20(21)30(42)43)34-31-36-27(39)26(46-31)12-15-5-10-24(23(11-15)38(44)45)47-32-35-22-9-7-17(14-25(22)48-32)37-28(40)18-3-1-2-4-19(18)29(37)41/h5-14,18-19H,1-4H2,(H,42,43)(H,34,36,39)/b26-12-/t18-,19+. The molecule has 16 heteroatoms. The third-order valence-corrected chi connectivity index (χ3v) is 11.6. The van der Waals surface area contributed by atoms with Gasteiger partial charge < -0.3 is 10.4 Å². The van der Waals surface area contributed by atoms with Crippen molar-refractivity contribution in [2.45, 2.75) is 34.9 Å². The fourth-order valence-electron chi connectivity index (χ4n) is 5.93. The summed E-state index contributed by atoms with van der Waals surface area (Å²) in [6.45, 7) is 0. The van der Waals surface area contributed by atoms with Crippen molar-refractivity contribution in [3.8, 4) is 0 Å². The highest BCUT2D eigenvalue weighted by Gasteiger charge is 2.48. The summed E-state index contributed by atoms with van der Waals surface area (Å²) >= 11 is 9.36. The highest BCUT2D eigenvalue weighted by atomic mass is 35.5. The van der Waals surface area contributed by atoms with Gasteiger partial charge in [0.05, 0.1) is 58.7 Å². The van der Waals surface area contributed by atoms with Crippen LogP contribution in [-0.2, 0) is 14.4 Å². The van der Waals surface area contributed by atoms with E-state index < -0.39 is 16.8 Å². The van der Waals surface area contributed by atoms with Crippen molar-refractivity contribution in [3.63, 3.8) is 0 Å². The number of hydrogen-bond donors (Lipinski definition) is 2. The van der Waals surface area contributed by atoms with E-state index in [1.54, 1.807) is 30.3 Å². The van der Waals surface area contributed by atoms with Gasteiger partial charge in [-0.25, -0.2) is 14.8 Å². The number of anilines is 1. The van der Waals surface area contributed by atoms with Gasteiger partial charge in [-0.3, -0.25) is 29.4 Å². The molecule has 2 aliphatic heterocycles. The van der Waals surface area contributed by atoms with Crippen molar-refractivity contribution < 1.29 is 29.2 Å². The molecule has 3 heterocycles. The van der Waals surface area contributed by atoms with Crippen LogP contribution in [0.2, 0.25) is 5.02 Å². The Hall–Kier alpha value is -4.57. The number of thiazole rings is 1. The first-order chi connectivity index (χ1) is 23.0. The minimum Gasteiger partial charge on any atom is -0.478 e. The average molecular weight is 720 g/mol. The van der Waals surface area contributed by atoms with Gasteiger partial charge in [0.15, 0.2) is 9.51 Å². The summed E-state index contributed by atoms with van der Waals surface area (Å²) in [7, 11) is 0. The summed E-state index contributed by atoms with van der Waals surface area (Å²) in [5.41, 5.74) is 1.54. The number of thioether (sulfide) groups is 1. The van der Waals surface area contributed by atoms with E-state index in [-0.39, 0.29) is 55.7 Å². The summed E-state index contributed by atoms with van der Waals surface area (Å²) in [4.78, 5) is 72.6. The van der Waals surface area contributed by atoms with Gasteiger partial charge in [0.1, 0.15) is 0 Å². The molecule has 2 atom stereocenters. The van der Waals surface area contributed by atoms with E-state index in [2.05, 4.69) is 15.3 Å². The summed E-state index contributed by atoms with van der Waals surface area (Å²) < 4.78 is 1.29. The molecule has 0 unspecified atom stereocenters. The number of carbonyl (C=O) groups is 4. The number of fused-ring (bicyclic) bond motifs is 2. The van der Waals surface area contributed by atoms with Gasteiger partial charge in [-0.05, 0) is 78.7 Å². The molecule has 0 radical (unpaired) electrons. The molecular weight excluding hydrogens is 698 g/mol. The molecule has 0 spiro atoms. The zero-order valence-corrected chi connectivity index (χ0v) is 27.8. The Labute approximate surface area is 289 Å². The highest BCUT2D eigenvalue weighted by Crippen LogP contribution is 2.43. The van der Waals surface area contributed by atoms with E-state index in [0.717, 1.165) is 53.9 Å². The van der Waals surface area contributed by atoms with Crippen molar-refractivity contribution in [2.75, 3.05) is 4.90 Å². The summed E-state index contributed by atoms with van der Waals surface area (Å²) in [5, 5.41) is 24.3. The molecule has 1 aliphatic carbocycles. The molecule has 4 aromatic rings. The number of rotatable bonds is 7. The quantitative estimate of drug-likeness (QED) is 0.0856. The van der Waals surface area contributed by atoms with Crippen LogP contribution in [0.15, 0.2) is 73.7 Å². The number of aliphatic imine (C=N–C) groups is 1. The molecule has 1 saturated carbocycles. The number of amides is 3. The maximum atomic E-state index is 13.1. The smallest absolute Gasteiger partial charge is 0.337 e. The number of aromatic carboxylic acids is 1. The largest absolute Gasteiger partial charge is 0.478 e. The van der Waals surface area contributed by atoms with E-state index in [0.29, 0.717) is 26.0 Å². The average Bonchev–Trinajstić information content (AvgIpc) is 3.70. The number of carboxylic acid groups (broad SMARTS) is 1. The zero-order valence-electron chi connectivity index (χ0n) is 24.5. The lowest BCUT2D eigenvalue weighted by Gasteiger charge is -2.19. The number of nitrogens with zero attached hydrogens (tertiary/aromatic N) is 4. The van der Waals surface area contributed by atoms with E-state index in [9.17, 15) is 34.4 Å². The first-order valence-electron chi connectivity index (χ1n) is 14.6. The molecule has 48 heavy (non-hydrogen) atoms. The minimum atomic E-state index is -1.21. The second-order valence-electron chi connectivity index (χ2n) is 11.2. The van der Waals surface area contributed by atoms with Crippen molar-refractivity contribution in [1.82, 2.24) is 10.3 Å². The van der Waals surface area contributed by atoms with Crippen molar-refractivity contribution in [2.24, 2.45) is 16.8 Å². The molecule has 12 nitrogen and oxygen atoms in total. The van der Waals surface area contributed by atoms with E-state index in [1.165, 1.54) is 46.6 Å². The Morgan fingerprint density at radius 3 is 2.54 bits per heavy atom. The summed E-state index contributed by atoms with van der Waals surface area (Å²) in [5.74, 6) is -2.49. The van der Waals surface area contributed by atoms with Gasteiger partial charge in [0.2, 0.25) is 11.8 Å². The number of halogens is 1. The van der Waals surface area contributed by atoms with Crippen LogP contribution in [0.4, 0.5) is 17.1 Å². The third-order valence-electron chi connectivity index (χ3n) is 8.19. The maximum absolute atomic E-state index is 13.1. The van der Waals surface area contributed by atoms with E-state index in [1.807, 2.05) is 0 Å². The first kappa shape index (κ1) is 32.0. The topological polar surface area (TPSA) is 172 Å². The number of aromatic nitrogens is 1. The van der Waals surface area contributed by atoms with Crippen LogP contribution in [0.1, 0.15) is 41.6 Å². The van der Waals surface area contributed by atoms with Gasteiger partial charge >= 0.3 is 5.97 Å². The van der Waals surface area contributed by atoms with Crippen LogP contribution in [0.25, 0.3) is 16.3 Å². The number of nitro benzene ring substituents is 1. The van der Waals surface area contributed by atoms with Crippen molar-refractivity contribution in [3.05, 3.63) is 85.8 Å². The summed E-state index contributed by atoms with van der Waals surface area (Å²) in [6.07, 6.45) is 4.85. The predicted molar refractivity (Wildman–Crippen MR) is 184 cm³/mol. The Morgan fingerprint density at radius 1 is 1.08 bits per heavy atom. The Balaban J connectivity index is 1.10. The molecule has 7 rings (SSSR count). The van der Waals surface area contributed by atoms with Crippen molar-refractivity contribution in [1.29, 1.82) is 0 Å². The van der Waals surface area contributed by atoms with Gasteiger partial charge in [0, 0.05) is 6.07 Å². The monoisotopic (exact) mass is 719 g/mol. The van der Waals surface area contributed by atoms with Crippen LogP contribution in [0.3, 0.4) is 0 Å². The van der Waals surface area contributed by atoms with Crippen LogP contribution < -0.4 is 10.2 Å². The van der Waals surface area contributed by atoms with Gasteiger partial charge in [-0.2, -0.15) is 0 Å². The summed E-state index contributed by atoms with van der Waals surface area (Å²) in [6, 6.07) is 14.0. The second kappa shape index (κ2) is 12.8. The molecule has 0 bridgehead atoms. The molecule has 242 valence electrons. The molecule has 1 aromatic heterocycles. The molecular formula is C32H22ClN5O7S3. The fourth-order valence-corrected chi connectivity index (χ4v) is 9.12. The third kappa shape index (κ3) is 6.09. The molecule has 3 aliphatic rings. The second-order valence-corrected chi connectivity index (χ2v) is 14.9. The normalized spacial score (nSPS) is 20.9. The van der Waals surface area contributed by atoms with Gasteiger partial charge in [0.25, 0.3) is 11.6 Å². The Kier molecular flexibility index (Phi) is 8.53. The lowest BCUT2D eigenvalue weighted by atomic mass is 9.81. The molecule has 2 N–H and O–H groups in total. The highest BCUT2D eigenvalue weighted by molar-refractivity contribution is 8.18. The number of benzene rings is 3. The Morgan fingerprint density at radius 2 is 1.83 bits per heavy atom. The van der Waals surface area contributed by atoms with Crippen LogP contribution >= 0.6 is 46.5 Å². The fraction of sp³-hybridized carbons (Fsp3) is 0.188. The van der Waals surface area contributed by atoms with Gasteiger partial charge in [-0.15, -0.1) is 11.3 Å². The number of carboxylic acids is 1. The SMILES string of the molecule is O=C1NC(=Nc2ccc(Cl)c(C(=O)O)c2)S/C1=C\c1ccc(Sc2nc3ccc(N4C(=O)[C@H]5CCCC[C@H]5C4=O)cc3s2)c([N+](=O)[O-])c1. The number of nitro groups is 1. The number of hydrogen-bond acceptors (Lipinski definition) is 11. The molecule has 3 aromatic carbocycles. The van der Waals surface area contributed by atoms with Crippen molar-refractivity contribution >= 4 is 109 Å². The van der Waals surface area contributed by atoms with E-state index in [4.69, 9.17) is 11.6 Å². The molecule has 3 fully saturated rings. The molecule has 3 amide bonds.